The van der Waals surface area contributed by atoms with Crippen LogP contribution in [0, 0.1) is 0 Å². The number of hydrogen-bond donors (Lipinski definition) is 1. The fraction of sp³-hybridized carbons (Fsp3) is 0.400. The molecule has 0 saturated heterocycles. The van der Waals surface area contributed by atoms with Crippen LogP contribution < -0.4 is 5.90 Å². The third-order valence-electron chi connectivity index (χ3n) is 2.06. The van der Waals surface area contributed by atoms with Crippen molar-refractivity contribution in [1.29, 1.82) is 0 Å². The van der Waals surface area contributed by atoms with Gasteiger partial charge in [-0.25, -0.2) is 5.90 Å². The Morgan fingerprint density at radius 3 is 2.50 bits per heavy atom. The van der Waals surface area contributed by atoms with Crippen molar-refractivity contribution in [3.63, 3.8) is 0 Å². The van der Waals surface area contributed by atoms with E-state index in [1.807, 2.05) is 18.2 Å². The van der Waals surface area contributed by atoms with Gasteiger partial charge in [-0.15, -0.1) is 0 Å². The molecule has 0 fully saturated rings. The van der Waals surface area contributed by atoms with Crippen LogP contribution in [-0.2, 0) is 4.84 Å². The summed E-state index contributed by atoms with van der Waals surface area (Å²) in [5.41, 5.74) is 1.30. The second-order valence-electron chi connectivity index (χ2n) is 2.85. The second kappa shape index (κ2) is 4.91. The molecule has 0 aliphatic heterocycles. The molecule has 66 valence electrons. The third kappa shape index (κ3) is 2.32. The summed E-state index contributed by atoms with van der Waals surface area (Å²) in [5.74, 6) is 5.47. The Morgan fingerprint density at radius 1 is 1.33 bits per heavy atom. The Kier molecular flexibility index (Phi) is 3.77. The van der Waals surface area contributed by atoms with Crippen LogP contribution >= 0.6 is 0 Å². The van der Waals surface area contributed by atoms with Crippen molar-refractivity contribution >= 4 is 0 Å². The Hall–Kier alpha value is -0.860. The van der Waals surface area contributed by atoms with Crippen molar-refractivity contribution in [2.45, 2.75) is 19.3 Å². The first-order valence-electron chi connectivity index (χ1n) is 4.25. The first kappa shape index (κ1) is 9.23. The molecule has 1 aromatic rings. The summed E-state index contributed by atoms with van der Waals surface area (Å²) in [6, 6.07) is 10.3. The molecule has 0 aliphatic carbocycles. The molecule has 0 amide bonds. The maximum atomic E-state index is 5.04. The molecular weight excluding hydrogens is 150 g/mol. The highest BCUT2D eigenvalue weighted by Crippen LogP contribution is 2.18. The van der Waals surface area contributed by atoms with E-state index in [1.54, 1.807) is 0 Å². The lowest BCUT2D eigenvalue weighted by Gasteiger charge is -2.12. The molecule has 2 heteroatoms. The van der Waals surface area contributed by atoms with E-state index in [2.05, 4.69) is 23.9 Å². The number of benzene rings is 1. The standard InChI is InChI=1S/C10H15NO/c1-2-9(8-12-11)10-6-4-3-5-7-10/h3-7,9H,2,8,11H2,1H3. The van der Waals surface area contributed by atoms with Gasteiger partial charge in [0.25, 0.3) is 0 Å². The van der Waals surface area contributed by atoms with Crippen molar-refractivity contribution in [1.82, 2.24) is 0 Å². The van der Waals surface area contributed by atoms with E-state index < -0.39 is 0 Å². The van der Waals surface area contributed by atoms with E-state index in [9.17, 15) is 0 Å². The first-order valence-corrected chi connectivity index (χ1v) is 4.25. The minimum atomic E-state index is 0.427. The summed E-state index contributed by atoms with van der Waals surface area (Å²) in [7, 11) is 0. The molecule has 0 radical (unpaired) electrons. The second-order valence-corrected chi connectivity index (χ2v) is 2.85. The lowest BCUT2D eigenvalue weighted by molar-refractivity contribution is 0.121. The zero-order chi connectivity index (χ0) is 8.81. The fourth-order valence-corrected chi connectivity index (χ4v) is 1.29. The van der Waals surface area contributed by atoms with Crippen molar-refractivity contribution in [3.05, 3.63) is 35.9 Å². The maximum absolute atomic E-state index is 5.04. The number of hydrogen-bond acceptors (Lipinski definition) is 2. The summed E-state index contributed by atoms with van der Waals surface area (Å²) < 4.78 is 0. The van der Waals surface area contributed by atoms with Gasteiger partial charge in [-0.2, -0.15) is 0 Å². The topological polar surface area (TPSA) is 35.2 Å². The predicted molar refractivity (Wildman–Crippen MR) is 49.6 cm³/mol. The lowest BCUT2D eigenvalue weighted by Crippen LogP contribution is -2.10. The molecule has 1 rings (SSSR count). The molecule has 2 N–H and O–H groups in total. The summed E-state index contributed by atoms with van der Waals surface area (Å²) in [4.78, 5) is 4.65. The average Bonchev–Trinajstić information content (AvgIpc) is 2.15. The van der Waals surface area contributed by atoms with Gasteiger partial charge in [0.2, 0.25) is 0 Å². The summed E-state index contributed by atoms with van der Waals surface area (Å²) in [6.45, 7) is 2.73. The molecule has 0 heterocycles. The van der Waals surface area contributed by atoms with Gasteiger partial charge in [0, 0.05) is 5.92 Å². The first-order chi connectivity index (χ1) is 5.88. The predicted octanol–water partition coefficient (Wildman–Crippen LogP) is 2.07. The van der Waals surface area contributed by atoms with Gasteiger partial charge < -0.3 is 4.84 Å². The van der Waals surface area contributed by atoms with Crippen LogP contribution in [0.3, 0.4) is 0 Å². The zero-order valence-corrected chi connectivity index (χ0v) is 7.36. The Bertz CT molecular complexity index is 210. The summed E-state index contributed by atoms with van der Waals surface area (Å²) in [6.07, 6.45) is 1.06. The van der Waals surface area contributed by atoms with Crippen LogP contribution in [0.25, 0.3) is 0 Å². The largest absolute Gasteiger partial charge is 0.304 e. The van der Waals surface area contributed by atoms with Gasteiger partial charge in [0.05, 0.1) is 6.61 Å². The Balaban J connectivity index is 2.66. The van der Waals surface area contributed by atoms with Crippen LogP contribution in [0.1, 0.15) is 24.8 Å². The van der Waals surface area contributed by atoms with Crippen LogP contribution in [0.4, 0.5) is 0 Å². The fourth-order valence-electron chi connectivity index (χ4n) is 1.29. The Morgan fingerprint density at radius 2 is 2.00 bits per heavy atom. The van der Waals surface area contributed by atoms with Crippen LogP contribution in [0.2, 0.25) is 0 Å². The molecule has 1 unspecified atom stereocenters. The van der Waals surface area contributed by atoms with Gasteiger partial charge in [-0.1, -0.05) is 37.3 Å². The molecule has 2 nitrogen and oxygen atoms in total. The van der Waals surface area contributed by atoms with Gasteiger partial charge >= 0.3 is 0 Å². The molecule has 12 heavy (non-hydrogen) atoms. The quantitative estimate of drug-likeness (QED) is 0.693. The minimum Gasteiger partial charge on any atom is -0.304 e. The molecule has 0 bridgehead atoms. The van der Waals surface area contributed by atoms with Gasteiger partial charge in [-0.3, -0.25) is 0 Å². The van der Waals surface area contributed by atoms with Crippen molar-refractivity contribution in [2.75, 3.05) is 6.61 Å². The highest BCUT2D eigenvalue weighted by molar-refractivity contribution is 5.19. The monoisotopic (exact) mass is 165 g/mol. The summed E-state index contributed by atoms with van der Waals surface area (Å²) in [5, 5.41) is 0. The minimum absolute atomic E-state index is 0.427. The van der Waals surface area contributed by atoms with E-state index in [4.69, 9.17) is 5.90 Å². The van der Waals surface area contributed by atoms with Crippen molar-refractivity contribution < 1.29 is 4.84 Å². The maximum Gasteiger partial charge on any atom is 0.0747 e. The van der Waals surface area contributed by atoms with E-state index in [-0.39, 0.29) is 0 Å². The lowest BCUT2D eigenvalue weighted by atomic mass is 9.98. The average molecular weight is 165 g/mol. The highest BCUT2D eigenvalue weighted by atomic mass is 16.6. The van der Waals surface area contributed by atoms with E-state index >= 15 is 0 Å². The molecule has 1 atom stereocenters. The van der Waals surface area contributed by atoms with Crippen LogP contribution in [0.15, 0.2) is 30.3 Å². The van der Waals surface area contributed by atoms with Crippen LogP contribution in [0.5, 0.6) is 0 Å². The molecule has 1 aromatic carbocycles. The SMILES string of the molecule is CCC(CON)c1ccccc1. The summed E-state index contributed by atoms with van der Waals surface area (Å²) >= 11 is 0. The normalized spacial score (nSPS) is 12.8. The highest BCUT2D eigenvalue weighted by Gasteiger charge is 2.07. The van der Waals surface area contributed by atoms with Crippen LogP contribution in [-0.4, -0.2) is 6.61 Å². The molecule has 0 aromatic heterocycles. The molecular formula is C10H15NO. The Labute approximate surface area is 73.3 Å². The number of nitrogens with two attached hydrogens (primary N) is 1. The van der Waals surface area contributed by atoms with Crippen molar-refractivity contribution in [3.8, 4) is 0 Å². The zero-order valence-electron chi connectivity index (χ0n) is 7.36. The van der Waals surface area contributed by atoms with E-state index in [0.29, 0.717) is 12.5 Å². The smallest absolute Gasteiger partial charge is 0.0747 e. The third-order valence-corrected chi connectivity index (χ3v) is 2.06. The van der Waals surface area contributed by atoms with E-state index in [0.717, 1.165) is 6.42 Å². The number of rotatable bonds is 4. The van der Waals surface area contributed by atoms with Crippen molar-refractivity contribution in [2.24, 2.45) is 5.90 Å². The molecule has 0 saturated carbocycles. The van der Waals surface area contributed by atoms with Gasteiger partial charge in [-0.05, 0) is 12.0 Å². The van der Waals surface area contributed by atoms with Gasteiger partial charge in [0.1, 0.15) is 0 Å². The van der Waals surface area contributed by atoms with Gasteiger partial charge in [0.15, 0.2) is 0 Å². The molecule has 0 spiro atoms. The van der Waals surface area contributed by atoms with E-state index in [1.165, 1.54) is 5.56 Å². The molecule has 0 aliphatic rings.